The van der Waals surface area contributed by atoms with Crippen LogP contribution in [0.3, 0.4) is 0 Å². The molecule has 1 N–H and O–H groups in total. The van der Waals surface area contributed by atoms with Crippen LogP contribution in [-0.2, 0) is 4.74 Å². The maximum atomic E-state index is 12.1. The molecule has 1 unspecified atom stereocenters. The first kappa shape index (κ1) is 14.6. The summed E-state index contributed by atoms with van der Waals surface area (Å²) in [7, 11) is 0. The summed E-state index contributed by atoms with van der Waals surface area (Å²) in [6.45, 7) is 12.0. The molecule has 19 heavy (non-hydrogen) atoms. The predicted molar refractivity (Wildman–Crippen MR) is 76.1 cm³/mol. The van der Waals surface area contributed by atoms with Gasteiger partial charge in [0.15, 0.2) is 0 Å². The van der Waals surface area contributed by atoms with Crippen molar-refractivity contribution in [3.63, 3.8) is 0 Å². The highest BCUT2D eigenvalue weighted by atomic mass is 16.6. The lowest BCUT2D eigenvalue weighted by molar-refractivity contribution is 0.00656. The van der Waals surface area contributed by atoms with Crippen molar-refractivity contribution in [2.24, 2.45) is 11.3 Å². The quantitative estimate of drug-likeness (QED) is 0.795. The highest BCUT2D eigenvalue weighted by molar-refractivity contribution is 5.68. The summed E-state index contributed by atoms with van der Waals surface area (Å²) in [4.78, 5) is 13.9. The lowest BCUT2D eigenvalue weighted by Crippen LogP contribution is -2.47. The second-order valence-corrected chi connectivity index (χ2v) is 7.07. The zero-order chi connectivity index (χ0) is 14.1. The SMILES string of the molecule is CCC1CNCC12CCN(C(=O)OC(C)(C)C)CC2. The molecule has 4 nitrogen and oxygen atoms in total. The van der Waals surface area contributed by atoms with E-state index >= 15 is 0 Å². The van der Waals surface area contributed by atoms with E-state index in [0.717, 1.165) is 44.9 Å². The molecule has 110 valence electrons. The van der Waals surface area contributed by atoms with Gasteiger partial charge in [-0.05, 0) is 51.5 Å². The zero-order valence-electron chi connectivity index (χ0n) is 12.8. The van der Waals surface area contributed by atoms with Crippen molar-refractivity contribution in [1.29, 1.82) is 0 Å². The van der Waals surface area contributed by atoms with Crippen molar-refractivity contribution in [3.8, 4) is 0 Å². The number of nitrogens with zero attached hydrogens (tertiary/aromatic N) is 1. The van der Waals surface area contributed by atoms with Gasteiger partial charge in [-0.3, -0.25) is 0 Å². The van der Waals surface area contributed by atoms with Crippen LogP contribution >= 0.6 is 0 Å². The van der Waals surface area contributed by atoms with Crippen LogP contribution in [0.25, 0.3) is 0 Å². The smallest absolute Gasteiger partial charge is 0.410 e. The first-order valence-electron chi connectivity index (χ1n) is 7.55. The maximum Gasteiger partial charge on any atom is 0.410 e. The van der Waals surface area contributed by atoms with Crippen LogP contribution in [0.5, 0.6) is 0 Å². The molecule has 1 amide bonds. The van der Waals surface area contributed by atoms with Gasteiger partial charge in [-0.25, -0.2) is 4.79 Å². The Balaban J connectivity index is 1.90. The minimum atomic E-state index is -0.396. The van der Waals surface area contributed by atoms with Crippen LogP contribution in [-0.4, -0.2) is 42.8 Å². The van der Waals surface area contributed by atoms with Crippen molar-refractivity contribution in [3.05, 3.63) is 0 Å². The van der Waals surface area contributed by atoms with Crippen molar-refractivity contribution < 1.29 is 9.53 Å². The number of nitrogens with one attached hydrogen (secondary N) is 1. The molecule has 1 spiro atoms. The molecule has 0 aliphatic carbocycles. The van der Waals surface area contributed by atoms with Gasteiger partial charge >= 0.3 is 6.09 Å². The molecular weight excluding hydrogens is 240 g/mol. The van der Waals surface area contributed by atoms with Crippen molar-refractivity contribution in [2.45, 2.75) is 52.6 Å². The lowest BCUT2D eigenvalue weighted by Gasteiger charge is -2.42. The summed E-state index contributed by atoms with van der Waals surface area (Å²) in [5.41, 5.74) is 0.0281. The van der Waals surface area contributed by atoms with E-state index in [1.165, 1.54) is 6.42 Å². The van der Waals surface area contributed by atoms with Gasteiger partial charge < -0.3 is 15.0 Å². The molecule has 1 atom stereocenters. The van der Waals surface area contributed by atoms with Gasteiger partial charge in [0.05, 0.1) is 0 Å². The molecule has 2 saturated heterocycles. The second-order valence-electron chi connectivity index (χ2n) is 7.07. The summed E-state index contributed by atoms with van der Waals surface area (Å²) in [6.07, 6.45) is 3.30. The van der Waals surface area contributed by atoms with Crippen molar-refractivity contribution in [1.82, 2.24) is 10.2 Å². The minimum absolute atomic E-state index is 0.152. The lowest BCUT2D eigenvalue weighted by atomic mass is 9.70. The summed E-state index contributed by atoms with van der Waals surface area (Å²) in [5, 5.41) is 3.53. The standard InChI is InChI=1S/C15H28N2O2/c1-5-12-10-16-11-15(12)6-8-17(9-7-15)13(18)19-14(2,3)4/h12,16H,5-11H2,1-4H3. The fourth-order valence-electron chi connectivity index (χ4n) is 3.48. The number of carbonyl (C=O) groups is 1. The number of amides is 1. The Morgan fingerprint density at radius 3 is 2.53 bits per heavy atom. The van der Waals surface area contributed by atoms with E-state index in [0.29, 0.717) is 5.41 Å². The van der Waals surface area contributed by atoms with Crippen molar-refractivity contribution >= 4 is 6.09 Å². The third-order valence-electron chi connectivity index (χ3n) is 4.64. The van der Waals surface area contributed by atoms with E-state index in [1.807, 2.05) is 25.7 Å². The predicted octanol–water partition coefficient (Wildman–Crippen LogP) is 2.63. The number of ether oxygens (including phenoxy) is 1. The van der Waals surface area contributed by atoms with Crippen LogP contribution in [0, 0.1) is 11.3 Å². The van der Waals surface area contributed by atoms with E-state index < -0.39 is 5.60 Å². The molecule has 2 fully saturated rings. The Bertz CT molecular complexity index is 328. The largest absolute Gasteiger partial charge is 0.444 e. The molecule has 0 aromatic carbocycles. The Labute approximate surface area is 116 Å². The minimum Gasteiger partial charge on any atom is -0.444 e. The van der Waals surface area contributed by atoms with Crippen LogP contribution in [0.15, 0.2) is 0 Å². The van der Waals surface area contributed by atoms with E-state index in [4.69, 9.17) is 4.74 Å². The normalized spacial score (nSPS) is 26.7. The van der Waals surface area contributed by atoms with E-state index in [9.17, 15) is 4.79 Å². The third kappa shape index (κ3) is 3.22. The zero-order valence-corrected chi connectivity index (χ0v) is 12.8. The van der Waals surface area contributed by atoms with Gasteiger partial charge in [-0.2, -0.15) is 0 Å². The molecule has 2 heterocycles. The second kappa shape index (κ2) is 5.31. The summed E-state index contributed by atoms with van der Waals surface area (Å²) < 4.78 is 5.45. The Morgan fingerprint density at radius 1 is 1.37 bits per heavy atom. The van der Waals surface area contributed by atoms with Gasteiger partial charge in [-0.15, -0.1) is 0 Å². The average molecular weight is 268 g/mol. The number of carbonyl (C=O) groups excluding carboxylic acids is 1. The van der Waals surface area contributed by atoms with Crippen molar-refractivity contribution in [2.75, 3.05) is 26.2 Å². The molecule has 0 radical (unpaired) electrons. The van der Waals surface area contributed by atoms with Crippen LogP contribution in [0.2, 0.25) is 0 Å². The average Bonchev–Trinajstić information content (AvgIpc) is 2.70. The fourth-order valence-corrected chi connectivity index (χ4v) is 3.48. The first-order valence-corrected chi connectivity index (χ1v) is 7.55. The Morgan fingerprint density at radius 2 is 2.00 bits per heavy atom. The molecule has 2 rings (SSSR count). The van der Waals surface area contributed by atoms with Crippen LogP contribution < -0.4 is 5.32 Å². The molecule has 0 aromatic rings. The third-order valence-corrected chi connectivity index (χ3v) is 4.64. The highest BCUT2D eigenvalue weighted by Crippen LogP contribution is 2.43. The fraction of sp³-hybridized carbons (Fsp3) is 0.933. The van der Waals surface area contributed by atoms with E-state index in [1.54, 1.807) is 0 Å². The van der Waals surface area contributed by atoms with Gasteiger partial charge in [0.1, 0.15) is 5.60 Å². The molecule has 0 bridgehead atoms. The number of likely N-dealkylation sites (tertiary alicyclic amines) is 1. The van der Waals surface area contributed by atoms with E-state index in [-0.39, 0.29) is 6.09 Å². The number of piperidine rings is 1. The number of hydrogen-bond donors (Lipinski definition) is 1. The van der Waals surface area contributed by atoms with Gasteiger partial charge in [-0.1, -0.05) is 13.3 Å². The first-order chi connectivity index (χ1) is 8.86. The summed E-state index contributed by atoms with van der Waals surface area (Å²) in [6, 6.07) is 0. The monoisotopic (exact) mass is 268 g/mol. The number of rotatable bonds is 1. The molecular formula is C15H28N2O2. The topological polar surface area (TPSA) is 41.6 Å². The maximum absolute atomic E-state index is 12.1. The van der Waals surface area contributed by atoms with Gasteiger partial charge in [0.25, 0.3) is 0 Å². The Kier molecular flexibility index (Phi) is 4.09. The Hall–Kier alpha value is -0.770. The molecule has 0 saturated carbocycles. The summed E-state index contributed by atoms with van der Waals surface area (Å²) in [5.74, 6) is 0.772. The molecule has 2 aliphatic rings. The van der Waals surface area contributed by atoms with Crippen LogP contribution in [0.4, 0.5) is 4.79 Å². The highest BCUT2D eigenvalue weighted by Gasteiger charge is 2.44. The van der Waals surface area contributed by atoms with Crippen LogP contribution in [0.1, 0.15) is 47.0 Å². The molecule has 2 aliphatic heterocycles. The molecule has 0 aromatic heterocycles. The van der Waals surface area contributed by atoms with Gasteiger partial charge in [0, 0.05) is 19.6 Å². The number of hydrogen-bond acceptors (Lipinski definition) is 3. The molecule has 4 heteroatoms. The van der Waals surface area contributed by atoms with E-state index in [2.05, 4.69) is 12.2 Å². The summed E-state index contributed by atoms with van der Waals surface area (Å²) >= 11 is 0. The van der Waals surface area contributed by atoms with Gasteiger partial charge in [0.2, 0.25) is 0 Å².